The third-order valence-corrected chi connectivity index (χ3v) is 10.8. The topological polar surface area (TPSA) is 25.8 Å². The average molecular weight is 894 g/mol. The molecule has 1 aliphatic carbocycles. The predicted molar refractivity (Wildman–Crippen MR) is 224 cm³/mol. The molecule has 56 heavy (non-hydrogen) atoms. The summed E-state index contributed by atoms with van der Waals surface area (Å²) in [6.07, 6.45) is 3.76. The van der Waals surface area contributed by atoms with Crippen molar-refractivity contribution in [2.24, 2.45) is 0 Å². The molecule has 1 aliphatic rings. The van der Waals surface area contributed by atoms with Crippen molar-refractivity contribution in [3.63, 3.8) is 0 Å². The molecule has 0 bridgehead atoms. The van der Waals surface area contributed by atoms with Crippen LogP contribution in [0.25, 0.3) is 67.0 Å². The van der Waals surface area contributed by atoms with E-state index in [1.807, 2.05) is 24.5 Å². The molecule has 2 nitrogen and oxygen atoms in total. The minimum absolute atomic E-state index is 0. The molecule has 10 rings (SSSR count). The van der Waals surface area contributed by atoms with Crippen LogP contribution in [0.15, 0.2) is 207 Å². The van der Waals surface area contributed by atoms with Crippen molar-refractivity contribution in [2.45, 2.75) is 5.41 Å². The number of pyridine rings is 2. The van der Waals surface area contributed by atoms with Crippen molar-refractivity contribution in [3.8, 4) is 67.0 Å². The molecule has 0 fully saturated rings. The first kappa shape index (κ1) is 35.2. The van der Waals surface area contributed by atoms with Gasteiger partial charge in [0.25, 0.3) is 0 Å². The Morgan fingerprint density at radius 1 is 0.339 bits per heavy atom. The average Bonchev–Trinajstić information content (AvgIpc) is 3.58. The van der Waals surface area contributed by atoms with E-state index in [0.717, 1.165) is 67.0 Å². The largest absolute Gasteiger partial charge is 2.00 e. The van der Waals surface area contributed by atoms with Gasteiger partial charge in [-0.25, -0.2) is 0 Å². The summed E-state index contributed by atoms with van der Waals surface area (Å²) >= 11 is 0. The molecule has 266 valence electrons. The van der Waals surface area contributed by atoms with Crippen LogP contribution in [0.4, 0.5) is 0 Å². The number of hydrogen-bond acceptors (Lipinski definition) is 2. The van der Waals surface area contributed by atoms with Crippen LogP contribution < -0.4 is 0 Å². The molecule has 0 unspecified atom stereocenters. The first-order valence-corrected chi connectivity index (χ1v) is 18.6. The molecule has 2 aromatic heterocycles. The Morgan fingerprint density at radius 2 is 0.786 bits per heavy atom. The second kappa shape index (κ2) is 15.0. The summed E-state index contributed by atoms with van der Waals surface area (Å²) in [5.74, 6) is 0. The Labute approximate surface area is 342 Å². The van der Waals surface area contributed by atoms with E-state index in [9.17, 15) is 0 Å². The van der Waals surface area contributed by atoms with Gasteiger partial charge in [0.15, 0.2) is 0 Å². The molecule has 0 spiro atoms. The zero-order valence-corrected chi connectivity index (χ0v) is 32.6. The van der Waals surface area contributed by atoms with Gasteiger partial charge in [0, 0.05) is 17.8 Å². The molecular weight excluding hydrogens is 860 g/mol. The van der Waals surface area contributed by atoms with E-state index in [1.54, 1.807) is 0 Å². The quantitative estimate of drug-likeness (QED) is 0.149. The summed E-state index contributed by atoms with van der Waals surface area (Å²) in [5.41, 5.74) is 16.4. The summed E-state index contributed by atoms with van der Waals surface area (Å²) in [7, 11) is 0. The predicted octanol–water partition coefficient (Wildman–Crippen LogP) is 12.8. The van der Waals surface area contributed by atoms with E-state index in [-0.39, 0.29) is 21.1 Å². The van der Waals surface area contributed by atoms with Gasteiger partial charge in [0.05, 0.1) is 0 Å². The van der Waals surface area contributed by atoms with Crippen molar-refractivity contribution in [2.75, 3.05) is 0 Å². The smallest absolute Gasteiger partial charge is 0.305 e. The second-order valence-electron chi connectivity index (χ2n) is 14.0. The van der Waals surface area contributed by atoms with Gasteiger partial charge in [0.2, 0.25) is 0 Å². The Hall–Kier alpha value is -6.47. The third kappa shape index (κ3) is 6.13. The van der Waals surface area contributed by atoms with Crippen LogP contribution in [0.5, 0.6) is 0 Å². The van der Waals surface area contributed by atoms with E-state index in [4.69, 9.17) is 9.97 Å². The van der Waals surface area contributed by atoms with Gasteiger partial charge in [-0.1, -0.05) is 158 Å². The van der Waals surface area contributed by atoms with Gasteiger partial charge in [-0.3, -0.25) is 0 Å². The number of rotatable bonds is 7. The number of aromatic nitrogens is 2. The number of fused-ring (bicyclic) bond motifs is 3. The van der Waals surface area contributed by atoms with Crippen molar-refractivity contribution < 1.29 is 21.1 Å². The third-order valence-electron chi connectivity index (χ3n) is 10.8. The molecule has 2 heterocycles. The van der Waals surface area contributed by atoms with Crippen LogP contribution in [0.3, 0.4) is 0 Å². The van der Waals surface area contributed by atoms with Crippen LogP contribution in [0.2, 0.25) is 0 Å². The molecule has 3 heteroatoms. The monoisotopic (exact) mass is 893 g/mol. The Kier molecular flexibility index (Phi) is 9.43. The van der Waals surface area contributed by atoms with E-state index in [2.05, 4.69) is 194 Å². The van der Waals surface area contributed by atoms with Crippen molar-refractivity contribution in [1.82, 2.24) is 9.97 Å². The maximum absolute atomic E-state index is 4.98. The molecule has 0 atom stereocenters. The minimum Gasteiger partial charge on any atom is -0.305 e. The summed E-state index contributed by atoms with van der Waals surface area (Å²) < 4.78 is 0. The van der Waals surface area contributed by atoms with E-state index in [0.29, 0.717) is 0 Å². The Balaban J connectivity index is 0.00000410. The maximum atomic E-state index is 4.98. The van der Waals surface area contributed by atoms with Gasteiger partial charge >= 0.3 is 21.1 Å². The fourth-order valence-corrected chi connectivity index (χ4v) is 8.28. The molecular formula is C53H34N2Pt. The first-order chi connectivity index (χ1) is 27.3. The molecule has 0 saturated heterocycles. The zero-order chi connectivity index (χ0) is 36.6. The fourth-order valence-electron chi connectivity index (χ4n) is 8.28. The molecule has 0 aliphatic heterocycles. The van der Waals surface area contributed by atoms with Gasteiger partial charge in [-0.2, -0.15) is 0 Å². The summed E-state index contributed by atoms with van der Waals surface area (Å²) in [4.78, 5) is 9.81. The van der Waals surface area contributed by atoms with Crippen LogP contribution in [-0.2, 0) is 26.5 Å². The van der Waals surface area contributed by atoms with Crippen molar-refractivity contribution in [1.29, 1.82) is 0 Å². The van der Waals surface area contributed by atoms with Crippen LogP contribution in [-0.4, -0.2) is 9.97 Å². The van der Waals surface area contributed by atoms with Crippen LogP contribution >= 0.6 is 0 Å². The van der Waals surface area contributed by atoms with Crippen LogP contribution in [0, 0.1) is 12.1 Å². The van der Waals surface area contributed by atoms with Gasteiger partial charge in [-0.05, 0) is 68.0 Å². The Morgan fingerprint density at radius 3 is 1.30 bits per heavy atom. The van der Waals surface area contributed by atoms with Crippen LogP contribution in [0.1, 0.15) is 22.3 Å². The molecule has 9 aromatic rings. The van der Waals surface area contributed by atoms with E-state index >= 15 is 0 Å². The molecule has 7 aromatic carbocycles. The molecule has 0 N–H and O–H groups in total. The van der Waals surface area contributed by atoms with E-state index in [1.165, 1.54) is 22.3 Å². The summed E-state index contributed by atoms with van der Waals surface area (Å²) in [6, 6.07) is 76.9. The van der Waals surface area contributed by atoms with E-state index < -0.39 is 5.41 Å². The number of benzene rings is 7. The maximum Gasteiger partial charge on any atom is 2.00 e. The molecule has 0 radical (unpaired) electrons. The fraction of sp³-hybridized carbons (Fsp3) is 0.0189. The Bertz CT molecular complexity index is 2700. The van der Waals surface area contributed by atoms with Gasteiger partial charge in [0.1, 0.15) is 0 Å². The minimum atomic E-state index is -0.780. The van der Waals surface area contributed by atoms with Gasteiger partial charge in [-0.15, -0.1) is 69.8 Å². The zero-order valence-electron chi connectivity index (χ0n) is 30.3. The molecule has 0 saturated carbocycles. The SMILES string of the molecule is [Pt+2].[c-]1c(-c2ccccn2)cc(-c2ccccc2)cc1C1(c2[c-]c(-c3cc(-c4ccccc4)ccn3)cc(-c3ccccc3)c2)c2ccccc2-c2ccccc21. The summed E-state index contributed by atoms with van der Waals surface area (Å²) in [5, 5.41) is 0. The molecule has 0 amide bonds. The van der Waals surface area contributed by atoms with Gasteiger partial charge < -0.3 is 9.97 Å². The number of hydrogen-bond donors (Lipinski definition) is 0. The normalized spacial score (nSPS) is 12.3. The van der Waals surface area contributed by atoms with Crippen molar-refractivity contribution >= 4 is 0 Å². The second-order valence-corrected chi connectivity index (χ2v) is 14.0. The summed E-state index contributed by atoms with van der Waals surface area (Å²) in [6.45, 7) is 0. The van der Waals surface area contributed by atoms with Crippen molar-refractivity contribution in [3.05, 3.63) is 241 Å². The number of nitrogens with zero attached hydrogens (tertiary/aromatic N) is 2. The first-order valence-electron chi connectivity index (χ1n) is 18.6. The standard InChI is InChI=1S/C53H34N2.Pt/c1-4-16-37(17-5-1)40-27-29-55-52(36-40)44-31-42(39-20-8-3-9-21-39)33-46(35-44)53(49-24-12-10-22-47(49)48-23-11-13-25-50(48)53)45-32-41(38-18-6-2-7-19-38)30-43(34-45)51-26-14-15-28-54-51;/h1-33,36H;/q-2;+2.